The van der Waals surface area contributed by atoms with Gasteiger partial charge >= 0.3 is 0 Å². The number of pyridine rings is 1. The van der Waals surface area contributed by atoms with Gasteiger partial charge in [0, 0.05) is 43.3 Å². The van der Waals surface area contributed by atoms with E-state index in [1.165, 1.54) is 47.9 Å². The molecule has 0 unspecified atom stereocenters. The van der Waals surface area contributed by atoms with Crippen LogP contribution in [0.5, 0.6) is 0 Å². The number of rotatable bonds is 0. The Bertz CT molecular complexity index is 1280. The monoisotopic (exact) mass is 324 g/mol. The van der Waals surface area contributed by atoms with Crippen LogP contribution in [0.2, 0.25) is 0 Å². The fraction of sp³-hybridized carbons (Fsp3) is 0.0455. The highest BCUT2D eigenvalue weighted by atomic mass is 32.1. The number of hydrogen-bond donors (Lipinski definition) is 0. The first-order valence-corrected chi connectivity index (χ1v) is 9.07. The Balaban J connectivity index is 1.81. The second kappa shape index (κ2) is 4.43. The summed E-state index contributed by atoms with van der Waals surface area (Å²) in [5.74, 6) is 0. The highest BCUT2D eigenvalue weighted by Crippen LogP contribution is 2.43. The van der Waals surface area contributed by atoms with E-state index in [1.54, 1.807) is 0 Å². The molecule has 0 saturated heterocycles. The summed E-state index contributed by atoms with van der Waals surface area (Å²) < 4.78 is 5.22. The average molecular weight is 324 g/mol. The normalized spacial score (nSPS) is 12.8. The molecular weight excluding hydrogens is 310 g/mol. The van der Waals surface area contributed by atoms with E-state index in [1.807, 2.05) is 11.3 Å². The van der Waals surface area contributed by atoms with Crippen molar-refractivity contribution in [1.82, 2.24) is 0 Å². The fourth-order valence-electron chi connectivity index (χ4n) is 4.11. The van der Waals surface area contributed by atoms with Crippen molar-refractivity contribution < 1.29 is 4.57 Å². The van der Waals surface area contributed by atoms with Gasteiger partial charge in [0.15, 0.2) is 6.54 Å². The molecule has 1 aliphatic heterocycles. The van der Waals surface area contributed by atoms with Gasteiger partial charge in [-0.15, -0.1) is 11.3 Å². The van der Waals surface area contributed by atoms with Gasteiger partial charge in [-0.05, 0) is 24.3 Å². The lowest BCUT2D eigenvalue weighted by molar-refractivity contribution is -0.645. The molecule has 0 atom stereocenters. The van der Waals surface area contributed by atoms with Crippen molar-refractivity contribution in [1.29, 1.82) is 0 Å². The minimum absolute atomic E-state index is 0.964. The molecule has 0 N–H and O–H groups in total. The van der Waals surface area contributed by atoms with Crippen LogP contribution in [0.4, 0.5) is 0 Å². The Morgan fingerprint density at radius 3 is 2.62 bits per heavy atom. The van der Waals surface area contributed by atoms with Crippen molar-refractivity contribution in [3.05, 3.63) is 78.4 Å². The van der Waals surface area contributed by atoms with Crippen LogP contribution in [0, 0.1) is 0 Å². The van der Waals surface area contributed by atoms with E-state index in [0.717, 1.165) is 6.54 Å². The summed E-state index contributed by atoms with van der Waals surface area (Å²) in [7, 11) is 0. The number of thiophene rings is 1. The van der Waals surface area contributed by atoms with Crippen LogP contribution in [0.15, 0.2) is 72.8 Å². The van der Waals surface area contributed by atoms with Crippen LogP contribution in [0.1, 0.15) is 5.56 Å². The molecule has 3 aromatic carbocycles. The van der Waals surface area contributed by atoms with Crippen LogP contribution < -0.4 is 4.57 Å². The van der Waals surface area contributed by atoms with Gasteiger partial charge in [-0.1, -0.05) is 36.4 Å². The summed E-state index contributed by atoms with van der Waals surface area (Å²) in [6.07, 6.45) is 0. The molecule has 0 aliphatic carbocycles. The van der Waals surface area contributed by atoms with Crippen molar-refractivity contribution in [3.63, 3.8) is 0 Å². The second-order valence-corrected chi connectivity index (χ2v) is 7.52. The van der Waals surface area contributed by atoms with E-state index in [4.69, 9.17) is 0 Å². The molecular formula is C22H14NS+. The predicted octanol–water partition coefficient (Wildman–Crippen LogP) is 5.52. The molecule has 0 radical (unpaired) electrons. The standard InChI is InChI=1S/C22H14NS/c1-3-7-17-14(5-1)9-11-18-21-15(13-23(17)18)10-12-20-22(21)16-6-2-4-8-19(16)24-20/h1-12H,13H2/q+1. The lowest BCUT2D eigenvalue weighted by Crippen LogP contribution is -2.33. The topological polar surface area (TPSA) is 3.88 Å². The number of para-hydroxylation sites is 1. The summed E-state index contributed by atoms with van der Waals surface area (Å²) in [4.78, 5) is 0. The molecule has 3 heterocycles. The Morgan fingerprint density at radius 2 is 1.62 bits per heavy atom. The van der Waals surface area contributed by atoms with Gasteiger partial charge in [0.05, 0.1) is 5.56 Å². The van der Waals surface area contributed by atoms with Gasteiger partial charge in [-0.2, -0.15) is 4.57 Å². The Hall–Kier alpha value is -2.71. The zero-order chi connectivity index (χ0) is 15.7. The summed E-state index contributed by atoms with van der Waals surface area (Å²) in [6.45, 7) is 0.964. The quantitative estimate of drug-likeness (QED) is 0.324. The Labute approximate surface area is 143 Å². The fourth-order valence-corrected chi connectivity index (χ4v) is 5.22. The third kappa shape index (κ3) is 1.51. The third-order valence-corrected chi connectivity index (χ3v) is 6.29. The Kier molecular flexibility index (Phi) is 2.34. The lowest BCUT2D eigenvalue weighted by Gasteiger charge is -2.00. The first-order valence-electron chi connectivity index (χ1n) is 8.25. The summed E-state index contributed by atoms with van der Waals surface area (Å²) in [5, 5.41) is 4.12. The first-order chi connectivity index (χ1) is 11.9. The minimum Gasteiger partial charge on any atom is -0.187 e. The average Bonchev–Trinajstić information content (AvgIpc) is 3.19. The van der Waals surface area contributed by atoms with Crippen molar-refractivity contribution in [2.75, 3.05) is 0 Å². The SMILES string of the molecule is c1ccc2c(c1)ccc1[n+]2Cc2ccc3sc4ccccc4c3c2-1. The molecule has 24 heavy (non-hydrogen) atoms. The second-order valence-electron chi connectivity index (χ2n) is 6.43. The van der Waals surface area contributed by atoms with Gasteiger partial charge in [0.1, 0.15) is 0 Å². The molecule has 6 rings (SSSR count). The summed E-state index contributed by atoms with van der Waals surface area (Å²) in [6, 6.07) is 26.6. The van der Waals surface area contributed by atoms with Gasteiger partial charge in [-0.25, -0.2) is 0 Å². The van der Waals surface area contributed by atoms with Gasteiger partial charge < -0.3 is 0 Å². The maximum atomic E-state index is 2.46. The van der Waals surface area contributed by atoms with Crippen molar-refractivity contribution in [2.24, 2.45) is 0 Å². The van der Waals surface area contributed by atoms with Crippen molar-refractivity contribution in [2.45, 2.75) is 6.54 Å². The van der Waals surface area contributed by atoms with Gasteiger partial charge in [-0.3, -0.25) is 0 Å². The van der Waals surface area contributed by atoms with E-state index in [-0.39, 0.29) is 0 Å². The molecule has 2 aromatic heterocycles. The molecule has 1 nitrogen and oxygen atoms in total. The molecule has 0 fully saturated rings. The number of benzene rings is 3. The van der Waals surface area contributed by atoms with Gasteiger partial charge in [0.25, 0.3) is 0 Å². The van der Waals surface area contributed by atoms with Crippen LogP contribution in [0.3, 0.4) is 0 Å². The van der Waals surface area contributed by atoms with E-state index in [0.29, 0.717) is 0 Å². The highest BCUT2D eigenvalue weighted by Gasteiger charge is 2.30. The van der Waals surface area contributed by atoms with Crippen LogP contribution >= 0.6 is 11.3 Å². The zero-order valence-electron chi connectivity index (χ0n) is 13.0. The van der Waals surface area contributed by atoms with Crippen LogP contribution in [0.25, 0.3) is 42.3 Å². The van der Waals surface area contributed by atoms with E-state index in [9.17, 15) is 0 Å². The van der Waals surface area contributed by atoms with Crippen LogP contribution in [-0.4, -0.2) is 0 Å². The first kappa shape index (κ1) is 12.7. The van der Waals surface area contributed by atoms with E-state index in [2.05, 4.69) is 77.4 Å². The van der Waals surface area contributed by atoms with Crippen molar-refractivity contribution in [3.8, 4) is 11.3 Å². The molecule has 112 valence electrons. The molecule has 5 aromatic rings. The largest absolute Gasteiger partial charge is 0.214 e. The predicted molar refractivity (Wildman–Crippen MR) is 102 cm³/mol. The molecule has 0 amide bonds. The maximum absolute atomic E-state index is 2.46. The number of fused-ring (bicyclic) bond motifs is 9. The van der Waals surface area contributed by atoms with Gasteiger partial charge in [0.2, 0.25) is 11.2 Å². The molecule has 0 spiro atoms. The molecule has 0 bridgehead atoms. The highest BCUT2D eigenvalue weighted by molar-refractivity contribution is 7.25. The number of hydrogen-bond acceptors (Lipinski definition) is 1. The van der Waals surface area contributed by atoms with E-state index < -0.39 is 0 Å². The maximum Gasteiger partial charge on any atom is 0.214 e. The van der Waals surface area contributed by atoms with E-state index >= 15 is 0 Å². The summed E-state index contributed by atoms with van der Waals surface area (Å²) >= 11 is 1.90. The summed E-state index contributed by atoms with van der Waals surface area (Å²) in [5.41, 5.74) is 5.52. The number of aromatic nitrogens is 1. The minimum atomic E-state index is 0.964. The number of nitrogens with zero attached hydrogens (tertiary/aromatic N) is 1. The lowest BCUT2D eigenvalue weighted by atomic mass is 10.00. The zero-order valence-corrected chi connectivity index (χ0v) is 13.8. The molecule has 1 aliphatic rings. The smallest absolute Gasteiger partial charge is 0.187 e. The van der Waals surface area contributed by atoms with Crippen LogP contribution in [-0.2, 0) is 6.54 Å². The Morgan fingerprint density at radius 1 is 0.750 bits per heavy atom. The molecule has 0 saturated carbocycles. The third-order valence-electron chi connectivity index (χ3n) is 5.15. The van der Waals surface area contributed by atoms with Crippen molar-refractivity contribution >= 4 is 42.4 Å². The molecule has 2 heteroatoms.